The Hall–Kier alpha value is -3.40. The topological polar surface area (TPSA) is 90.6 Å². The van der Waals surface area contributed by atoms with E-state index in [2.05, 4.69) is 21.3 Å². The van der Waals surface area contributed by atoms with Crippen molar-refractivity contribution in [3.05, 3.63) is 54.3 Å². The summed E-state index contributed by atoms with van der Waals surface area (Å²) in [5.74, 6) is 0. The van der Waals surface area contributed by atoms with Gasteiger partial charge in [-0.25, -0.2) is 9.78 Å². The van der Waals surface area contributed by atoms with E-state index in [4.69, 9.17) is 0 Å². The summed E-state index contributed by atoms with van der Waals surface area (Å²) in [5.41, 5.74) is 3.60. The molecule has 1 aromatic carbocycles. The van der Waals surface area contributed by atoms with Gasteiger partial charge in [0, 0.05) is 36.4 Å². The van der Waals surface area contributed by atoms with Gasteiger partial charge in [-0.05, 0) is 24.5 Å². The smallest absolute Gasteiger partial charge is 0.323 e. The van der Waals surface area contributed by atoms with E-state index in [0.717, 1.165) is 22.0 Å². The Morgan fingerprint density at radius 1 is 1.28 bits per heavy atom. The van der Waals surface area contributed by atoms with Gasteiger partial charge in [-0.3, -0.25) is 9.67 Å². The van der Waals surface area contributed by atoms with E-state index in [-0.39, 0.29) is 6.03 Å². The van der Waals surface area contributed by atoms with Crippen molar-refractivity contribution >= 4 is 22.5 Å². The molecule has 0 aliphatic carbocycles. The quantitative estimate of drug-likeness (QED) is 0.694. The number of H-pyrrole nitrogens is 1. The second kappa shape index (κ2) is 6.24. The Bertz CT molecular complexity index is 982. The van der Waals surface area contributed by atoms with Gasteiger partial charge < -0.3 is 4.90 Å². The van der Waals surface area contributed by atoms with Crippen LogP contribution in [0.2, 0.25) is 0 Å². The van der Waals surface area contributed by atoms with Crippen LogP contribution < -0.4 is 0 Å². The van der Waals surface area contributed by atoms with Crippen LogP contribution in [0.15, 0.2) is 48.7 Å². The van der Waals surface area contributed by atoms with Crippen molar-refractivity contribution in [2.24, 2.45) is 0 Å². The normalized spacial score (nSPS) is 14.5. The van der Waals surface area contributed by atoms with E-state index in [9.17, 15) is 10.1 Å². The molecule has 0 radical (unpaired) electrons. The van der Waals surface area contributed by atoms with Gasteiger partial charge in [0.2, 0.25) is 0 Å². The molecule has 7 heteroatoms. The molecule has 7 nitrogen and oxygen atoms in total. The van der Waals surface area contributed by atoms with Crippen molar-refractivity contribution in [2.45, 2.75) is 12.8 Å². The number of amides is 1. The SMILES string of the molecule is N#CC(=C1CCN(C(=O)n2ccnc2)CC1)c1cccc2[nH]ncc12. The van der Waals surface area contributed by atoms with E-state index in [1.807, 2.05) is 18.2 Å². The minimum Gasteiger partial charge on any atom is -0.323 e. The third kappa shape index (κ3) is 2.68. The molecule has 124 valence electrons. The predicted octanol–water partition coefficient (Wildman–Crippen LogP) is 2.80. The van der Waals surface area contributed by atoms with Crippen molar-refractivity contribution < 1.29 is 4.79 Å². The number of imidazole rings is 1. The number of hydrogen-bond donors (Lipinski definition) is 1. The van der Waals surface area contributed by atoms with Crippen molar-refractivity contribution in [3.8, 4) is 6.07 Å². The highest BCUT2D eigenvalue weighted by Gasteiger charge is 2.23. The van der Waals surface area contributed by atoms with Crippen molar-refractivity contribution in [3.63, 3.8) is 0 Å². The molecule has 0 saturated carbocycles. The molecule has 0 unspecified atom stereocenters. The van der Waals surface area contributed by atoms with Crippen molar-refractivity contribution in [2.75, 3.05) is 13.1 Å². The minimum atomic E-state index is -0.0769. The first-order valence-corrected chi connectivity index (χ1v) is 8.10. The zero-order valence-corrected chi connectivity index (χ0v) is 13.5. The molecule has 1 aliphatic heterocycles. The number of piperidine rings is 1. The maximum atomic E-state index is 12.4. The van der Waals surface area contributed by atoms with E-state index in [1.165, 1.54) is 10.9 Å². The minimum absolute atomic E-state index is 0.0769. The van der Waals surface area contributed by atoms with Gasteiger partial charge in [0.05, 0.1) is 23.4 Å². The number of aromatic nitrogens is 4. The van der Waals surface area contributed by atoms with Crippen LogP contribution >= 0.6 is 0 Å². The Morgan fingerprint density at radius 3 is 2.84 bits per heavy atom. The molecule has 4 rings (SSSR count). The van der Waals surface area contributed by atoms with E-state index < -0.39 is 0 Å². The van der Waals surface area contributed by atoms with Gasteiger partial charge in [-0.1, -0.05) is 12.1 Å². The number of nitrogens with one attached hydrogen (secondary N) is 1. The lowest BCUT2D eigenvalue weighted by atomic mass is 9.92. The number of aromatic amines is 1. The monoisotopic (exact) mass is 332 g/mol. The lowest BCUT2D eigenvalue weighted by molar-refractivity contribution is 0.195. The third-order valence-corrected chi connectivity index (χ3v) is 4.58. The maximum absolute atomic E-state index is 12.4. The van der Waals surface area contributed by atoms with Crippen molar-refractivity contribution in [1.29, 1.82) is 5.26 Å². The zero-order chi connectivity index (χ0) is 17.2. The number of benzene rings is 1. The summed E-state index contributed by atoms with van der Waals surface area (Å²) in [4.78, 5) is 18.1. The number of nitrogens with zero attached hydrogens (tertiary/aromatic N) is 5. The van der Waals surface area contributed by atoms with Crippen LogP contribution in [0, 0.1) is 11.3 Å². The van der Waals surface area contributed by atoms with Gasteiger partial charge in [-0.2, -0.15) is 10.4 Å². The fourth-order valence-corrected chi connectivity index (χ4v) is 3.27. The molecule has 1 aliphatic rings. The van der Waals surface area contributed by atoms with E-state index in [1.54, 1.807) is 23.5 Å². The number of carbonyl (C=O) groups excluding carboxylic acids is 1. The second-order valence-electron chi connectivity index (χ2n) is 5.97. The molecule has 3 aromatic rings. The van der Waals surface area contributed by atoms with Crippen LogP contribution in [0.5, 0.6) is 0 Å². The Labute approximate surface area is 144 Å². The summed E-state index contributed by atoms with van der Waals surface area (Å²) >= 11 is 0. The molecule has 1 saturated heterocycles. The maximum Gasteiger partial charge on any atom is 0.329 e. The Morgan fingerprint density at radius 2 is 2.12 bits per heavy atom. The third-order valence-electron chi connectivity index (χ3n) is 4.58. The molecular formula is C18H16N6O. The lowest BCUT2D eigenvalue weighted by Gasteiger charge is -2.29. The van der Waals surface area contributed by atoms with E-state index >= 15 is 0 Å². The number of carbonyl (C=O) groups is 1. The predicted molar refractivity (Wildman–Crippen MR) is 92.5 cm³/mol. The number of fused-ring (bicyclic) bond motifs is 1. The number of likely N-dealkylation sites (tertiary alicyclic amines) is 1. The number of nitriles is 1. The molecule has 25 heavy (non-hydrogen) atoms. The average Bonchev–Trinajstić information content (AvgIpc) is 3.34. The highest BCUT2D eigenvalue weighted by atomic mass is 16.2. The zero-order valence-electron chi connectivity index (χ0n) is 13.5. The van der Waals surface area contributed by atoms with E-state index in [0.29, 0.717) is 31.5 Å². The van der Waals surface area contributed by atoms with Crippen LogP contribution in [0.3, 0.4) is 0 Å². The standard InChI is InChI=1S/C18H16N6O/c19-10-15(14-2-1-3-17-16(14)11-21-22-17)13-4-7-23(8-5-13)18(25)24-9-6-20-12-24/h1-3,6,9,11-12H,4-5,7-8H2,(H,21,22). The second-order valence-corrected chi connectivity index (χ2v) is 5.97. The number of rotatable bonds is 1. The Balaban J connectivity index is 1.60. The molecule has 3 heterocycles. The van der Waals surface area contributed by atoms with Crippen LogP contribution in [-0.2, 0) is 0 Å². The molecule has 1 N–H and O–H groups in total. The summed E-state index contributed by atoms with van der Waals surface area (Å²) < 4.78 is 1.48. The lowest BCUT2D eigenvalue weighted by Crippen LogP contribution is -2.38. The number of hydrogen-bond acceptors (Lipinski definition) is 4. The first-order valence-electron chi connectivity index (χ1n) is 8.10. The van der Waals surface area contributed by atoms with Gasteiger partial charge in [0.1, 0.15) is 6.33 Å². The first-order chi connectivity index (χ1) is 12.3. The first kappa shape index (κ1) is 15.1. The Kier molecular flexibility index (Phi) is 3.78. The summed E-state index contributed by atoms with van der Waals surface area (Å²) in [7, 11) is 0. The molecule has 1 amide bonds. The number of allylic oxidation sites excluding steroid dienone is 1. The fourth-order valence-electron chi connectivity index (χ4n) is 3.27. The van der Waals surface area contributed by atoms with Crippen LogP contribution in [-0.4, -0.2) is 43.8 Å². The molecule has 0 bridgehead atoms. The molecule has 0 atom stereocenters. The summed E-state index contributed by atoms with van der Waals surface area (Å²) in [6.07, 6.45) is 7.88. The summed E-state index contributed by atoms with van der Waals surface area (Å²) in [6, 6.07) is 8.10. The van der Waals surface area contributed by atoms with Crippen LogP contribution in [0.1, 0.15) is 18.4 Å². The van der Waals surface area contributed by atoms with Gasteiger partial charge in [0.15, 0.2) is 0 Å². The van der Waals surface area contributed by atoms with Gasteiger partial charge in [0.25, 0.3) is 0 Å². The largest absolute Gasteiger partial charge is 0.329 e. The highest BCUT2D eigenvalue weighted by molar-refractivity contribution is 5.96. The van der Waals surface area contributed by atoms with Crippen LogP contribution in [0.4, 0.5) is 4.79 Å². The molecule has 0 spiro atoms. The molecule has 2 aromatic heterocycles. The van der Waals surface area contributed by atoms with Gasteiger partial charge in [-0.15, -0.1) is 0 Å². The van der Waals surface area contributed by atoms with Crippen LogP contribution in [0.25, 0.3) is 16.5 Å². The molecule has 1 fully saturated rings. The summed E-state index contributed by atoms with van der Waals surface area (Å²) in [5, 5.41) is 17.7. The molecular weight excluding hydrogens is 316 g/mol. The highest BCUT2D eigenvalue weighted by Crippen LogP contribution is 2.30. The fraction of sp³-hybridized carbons (Fsp3) is 0.222. The summed E-state index contributed by atoms with van der Waals surface area (Å²) in [6.45, 7) is 1.19. The van der Waals surface area contributed by atoms with Crippen molar-refractivity contribution in [1.82, 2.24) is 24.6 Å². The van der Waals surface area contributed by atoms with Gasteiger partial charge >= 0.3 is 6.03 Å². The average molecular weight is 332 g/mol.